The molecule has 2 fully saturated rings. The van der Waals surface area contributed by atoms with Crippen LogP contribution in [-0.4, -0.2) is 60.1 Å². The van der Waals surface area contributed by atoms with Gasteiger partial charge in [0.05, 0.1) is 18.8 Å². The molecule has 0 bridgehead atoms. The number of anilines is 1. The Morgan fingerprint density at radius 3 is 2.82 bits per heavy atom. The van der Waals surface area contributed by atoms with Crippen molar-refractivity contribution in [2.24, 2.45) is 5.73 Å². The number of carbonyl (C=O) groups is 3. The van der Waals surface area contributed by atoms with Gasteiger partial charge in [-0.2, -0.15) is 0 Å². The fraction of sp³-hybridized carbons (Fsp3) is 0.316. The van der Waals surface area contributed by atoms with E-state index < -0.39 is 24.0 Å². The Bertz CT molecular complexity index is 937. The first-order chi connectivity index (χ1) is 13.4. The summed E-state index contributed by atoms with van der Waals surface area (Å²) in [5.41, 5.74) is 6.46. The summed E-state index contributed by atoms with van der Waals surface area (Å²) in [6.07, 6.45) is 1.82. The third kappa shape index (κ3) is 2.63. The van der Waals surface area contributed by atoms with E-state index in [2.05, 4.69) is 0 Å². The van der Waals surface area contributed by atoms with Crippen molar-refractivity contribution in [3.8, 4) is 5.75 Å². The van der Waals surface area contributed by atoms with Gasteiger partial charge in [0.2, 0.25) is 5.91 Å². The molecule has 3 heterocycles. The van der Waals surface area contributed by atoms with E-state index in [1.807, 2.05) is 6.07 Å². The molecule has 3 aliphatic heterocycles. The number of rotatable bonds is 4. The quantitative estimate of drug-likeness (QED) is 0.562. The van der Waals surface area contributed by atoms with Gasteiger partial charge in [0.1, 0.15) is 18.4 Å². The Labute approximate surface area is 160 Å². The Kier molecular flexibility index (Phi) is 4.31. The minimum absolute atomic E-state index is 0.00535. The molecule has 146 valence electrons. The molecule has 3 aliphatic rings. The molecule has 28 heavy (non-hydrogen) atoms. The maximum atomic E-state index is 12.9. The van der Waals surface area contributed by atoms with Crippen LogP contribution in [-0.2, 0) is 19.1 Å². The molecule has 0 saturated carbocycles. The van der Waals surface area contributed by atoms with Crippen LogP contribution in [0.2, 0.25) is 0 Å². The third-order valence-electron chi connectivity index (χ3n) is 5.16. The number of hydrogen-bond acceptors (Lipinski definition) is 6. The number of carboxylic acids is 1. The normalized spacial score (nSPS) is 25.6. The molecule has 0 aromatic heterocycles. The minimum atomic E-state index is -1.30. The highest BCUT2D eigenvalue weighted by Gasteiger charge is 2.52. The molecule has 4 rings (SSSR count). The number of β-lactam (4-membered cyclic amide) rings is 1. The van der Waals surface area contributed by atoms with Gasteiger partial charge >= 0.3 is 5.97 Å². The van der Waals surface area contributed by atoms with E-state index in [1.165, 1.54) is 13.2 Å². The second-order valence-electron chi connectivity index (χ2n) is 6.68. The average Bonchev–Trinajstić information content (AvgIpc) is 3.06. The predicted octanol–water partition coefficient (Wildman–Crippen LogP) is 0.223. The van der Waals surface area contributed by atoms with Gasteiger partial charge in [0.25, 0.3) is 5.91 Å². The van der Waals surface area contributed by atoms with Crippen LogP contribution in [0.1, 0.15) is 6.42 Å². The summed E-state index contributed by atoms with van der Waals surface area (Å²) in [5.74, 6) is -1.47. The molecule has 1 aromatic rings. The van der Waals surface area contributed by atoms with Crippen LogP contribution in [0.5, 0.6) is 5.75 Å². The molecule has 2 atom stereocenters. The number of hydrogen-bond donors (Lipinski definition) is 2. The van der Waals surface area contributed by atoms with E-state index in [-0.39, 0.29) is 24.0 Å². The Morgan fingerprint density at radius 1 is 1.36 bits per heavy atom. The number of carboxylic acid groups (broad SMARTS) is 1. The molecular weight excluding hydrogens is 366 g/mol. The van der Waals surface area contributed by atoms with Crippen molar-refractivity contribution >= 4 is 23.5 Å². The zero-order chi connectivity index (χ0) is 20.0. The molecule has 1 aromatic carbocycles. The molecule has 2 saturated heterocycles. The van der Waals surface area contributed by atoms with Gasteiger partial charge in [0, 0.05) is 12.1 Å². The monoisotopic (exact) mass is 385 g/mol. The van der Waals surface area contributed by atoms with Crippen molar-refractivity contribution in [3.05, 3.63) is 47.4 Å². The summed E-state index contributed by atoms with van der Waals surface area (Å²) in [6.45, 7) is 0.518. The van der Waals surface area contributed by atoms with E-state index in [9.17, 15) is 19.5 Å². The number of amides is 2. The third-order valence-corrected chi connectivity index (χ3v) is 5.16. The summed E-state index contributed by atoms with van der Waals surface area (Å²) >= 11 is 0. The van der Waals surface area contributed by atoms with Gasteiger partial charge in [-0.1, -0.05) is 12.1 Å². The van der Waals surface area contributed by atoms with E-state index in [0.29, 0.717) is 30.0 Å². The first-order valence-electron chi connectivity index (χ1n) is 8.78. The molecule has 0 unspecified atom stereocenters. The number of para-hydroxylation sites is 2. The number of nitrogens with zero attached hydrogens (tertiary/aromatic N) is 2. The van der Waals surface area contributed by atoms with Crippen molar-refractivity contribution in [1.29, 1.82) is 0 Å². The first kappa shape index (κ1) is 18.1. The van der Waals surface area contributed by atoms with E-state index in [0.717, 1.165) is 4.90 Å². The lowest BCUT2D eigenvalue weighted by Gasteiger charge is -2.47. The molecule has 9 nitrogen and oxygen atoms in total. The minimum Gasteiger partial charge on any atom is -0.495 e. The Morgan fingerprint density at radius 2 is 2.11 bits per heavy atom. The topological polar surface area (TPSA) is 122 Å². The number of aliphatic carboxylic acids is 1. The fourth-order valence-electron chi connectivity index (χ4n) is 3.69. The number of ether oxygens (including phenoxy) is 2. The van der Waals surface area contributed by atoms with Crippen LogP contribution in [0.15, 0.2) is 47.4 Å². The van der Waals surface area contributed by atoms with Crippen molar-refractivity contribution < 1.29 is 29.0 Å². The lowest BCUT2D eigenvalue weighted by atomic mass is 9.93. The standard InChI is InChI=1S/C19H19N3O6/c1-27-13-5-3-2-4-11(13)21-7-6-10(17(21)23)8-14-16(19(25)26)22-12(9-28-14)15(20)18(22)24/h2-5,8,12,15H,6-7,9,20H2,1H3,(H,25,26)/t12-,15+/m1/s1. The average molecular weight is 385 g/mol. The fourth-order valence-corrected chi connectivity index (χ4v) is 3.69. The molecule has 9 heteroatoms. The van der Waals surface area contributed by atoms with Gasteiger partial charge in [-0.25, -0.2) is 4.79 Å². The number of carbonyl (C=O) groups excluding carboxylic acids is 2. The second kappa shape index (κ2) is 6.68. The molecule has 2 amide bonds. The van der Waals surface area contributed by atoms with Gasteiger partial charge < -0.3 is 25.2 Å². The lowest BCUT2D eigenvalue weighted by Crippen LogP contribution is -2.71. The van der Waals surface area contributed by atoms with E-state index >= 15 is 0 Å². The molecular formula is C19H19N3O6. The Hall–Kier alpha value is -3.33. The number of allylic oxidation sites excluding steroid dienone is 1. The van der Waals surface area contributed by atoms with Crippen LogP contribution in [0.25, 0.3) is 0 Å². The second-order valence-corrected chi connectivity index (χ2v) is 6.68. The summed E-state index contributed by atoms with van der Waals surface area (Å²) in [7, 11) is 1.53. The molecule has 0 radical (unpaired) electrons. The summed E-state index contributed by atoms with van der Waals surface area (Å²) in [4.78, 5) is 39.3. The van der Waals surface area contributed by atoms with Crippen molar-refractivity contribution in [2.45, 2.75) is 18.5 Å². The summed E-state index contributed by atoms with van der Waals surface area (Å²) in [6, 6.07) is 5.90. The SMILES string of the molecule is COc1ccccc1N1CCC(=CC2=C(C(=O)O)N3C(=O)[C@@H](N)[C@H]3CO2)C1=O. The zero-order valence-electron chi connectivity index (χ0n) is 15.1. The maximum absolute atomic E-state index is 12.9. The lowest BCUT2D eigenvalue weighted by molar-refractivity contribution is -0.156. The molecule has 3 N–H and O–H groups in total. The highest BCUT2D eigenvalue weighted by molar-refractivity contribution is 6.09. The number of fused-ring (bicyclic) bond motifs is 1. The van der Waals surface area contributed by atoms with Gasteiger partial charge in [0.15, 0.2) is 11.5 Å². The van der Waals surface area contributed by atoms with Gasteiger partial charge in [-0.05, 0) is 24.6 Å². The Balaban J connectivity index is 1.66. The first-order valence-corrected chi connectivity index (χ1v) is 8.78. The highest BCUT2D eigenvalue weighted by Crippen LogP contribution is 2.35. The van der Waals surface area contributed by atoms with Crippen LogP contribution < -0.4 is 15.4 Å². The van der Waals surface area contributed by atoms with Crippen molar-refractivity contribution in [1.82, 2.24) is 4.90 Å². The predicted molar refractivity (Wildman–Crippen MR) is 97.3 cm³/mol. The largest absolute Gasteiger partial charge is 0.495 e. The van der Waals surface area contributed by atoms with Crippen molar-refractivity contribution in [3.63, 3.8) is 0 Å². The molecule has 0 spiro atoms. The smallest absolute Gasteiger partial charge is 0.356 e. The highest BCUT2D eigenvalue weighted by atomic mass is 16.5. The maximum Gasteiger partial charge on any atom is 0.356 e. The van der Waals surface area contributed by atoms with Crippen LogP contribution in [0, 0.1) is 0 Å². The zero-order valence-corrected chi connectivity index (χ0v) is 15.1. The van der Waals surface area contributed by atoms with E-state index in [4.69, 9.17) is 15.2 Å². The van der Waals surface area contributed by atoms with Gasteiger partial charge in [-0.15, -0.1) is 0 Å². The van der Waals surface area contributed by atoms with Crippen LogP contribution >= 0.6 is 0 Å². The van der Waals surface area contributed by atoms with Crippen molar-refractivity contribution in [2.75, 3.05) is 25.2 Å². The van der Waals surface area contributed by atoms with Gasteiger partial charge in [-0.3, -0.25) is 14.5 Å². The molecule has 0 aliphatic carbocycles. The van der Waals surface area contributed by atoms with Crippen LogP contribution in [0.4, 0.5) is 5.69 Å². The van der Waals surface area contributed by atoms with E-state index in [1.54, 1.807) is 23.1 Å². The summed E-state index contributed by atoms with van der Waals surface area (Å²) in [5, 5.41) is 9.56. The summed E-state index contributed by atoms with van der Waals surface area (Å²) < 4.78 is 10.9. The van der Waals surface area contributed by atoms with Crippen LogP contribution in [0.3, 0.4) is 0 Å². The number of benzene rings is 1. The number of nitrogens with two attached hydrogens (primary N) is 1. The number of methoxy groups -OCH3 is 1.